The number of allylic oxidation sites excluding steroid dienone is 2. The number of hydrogen-bond donors (Lipinski definition) is 0. The van der Waals surface area contributed by atoms with Gasteiger partial charge < -0.3 is 14.2 Å². The second-order valence-corrected chi connectivity index (χ2v) is 7.00. The van der Waals surface area contributed by atoms with Gasteiger partial charge in [0, 0.05) is 22.3 Å². The van der Waals surface area contributed by atoms with Crippen LogP contribution < -0.4 is 9.47 Å². The smallest absolute Gasteiger partial charge is 0.364 e. The van der Waals surface area contributed by atoms with Crippen LogP contribution in [0.5, 0.6) is 11.5 Å². The van der Waals surface area contributed by atoms with Gasteiger partial charge in [0.15, 0.2) is 5.70 Å². The van der Waals surface area contributed by atoms with Crippen molar-refractivity contribution in [1.29, 1.82) is 0 Å². The standard InChI is InChI=1S/C26H19NO4/c1-2-29-19-14-12-17(13-15-19)23-16-21(20-10-6-7-11-22(20)30-23)24-26(28)31-25(27-24)18-8-4-3-5-9-18/h3-16H,2H2,1H3/b24-21-. The molecule has 0 unspecified atom stereocenters. The summed E-state index contributed by atoms with van der Waals surface area (Å²) in [6.45, 7) is 2.55. The quantitative estimate of drug-likeness (QED) is 0.437. The van der Waals surface area contributed by atoms with Gasteiger partial charge in [0.1, 0.15) is 17.3 Å². The number of rotatable bonds is 4. The molecule has 5 heteroatoms. The Labute approximate surface area is 179 Å². The van der Waals surface area contributed by atoms with Gasteiger partial charge in [-0.25, -0.2) is 9.79 Å². The Bertz CT molecular complexity index is 1240. The van der Waals surface area contributed by atoms with Crippen molar-refractivity contribution in [3.63, 3.8) is 0 Å². The topological polar surface area (TPSA) is 57.1 Å². The summed E-state index contributed by atoms with van der Waals surface area (Å²) in [7, 11) is 0. The molecule has 0 aromatic heterocycles. The van der Waals surface area contributed by atoms with E-state index in [1.54, 1.807) is 0 Å². The van der Waals surface area contributed by atoms with Gasteiger partial charge in [-0.3, -0.25) is 0 Å². The van der Waals surface area contributed by atoms with Crippen LogP contribution in [0, 0.1) is 0 Å². The molecule has 0 radical (unpaired) electrons. The van der Waals surface area contributed by atoms with Gasteiger partial charge in [0.2, 0.25) is 5.90 Å². The number of fused-ring (bicyclic) bond motifs is 1. The van der Waals surface area contributed by atoms with E-state index in [2.05, 4.69) is 4.99 Å². The lowest BCUT2D eigenvalue weighted by atomic mass is 9.97. The average Bonchev–Trinajstić information content (AvgIpc) is 3.21. The van der Waals surface area contributed by atoms with Crippen molar-refractivity contribution in [3.8, 4) is 11.5 Å². The zero-order valence-corrected chi connectivity index (χ0v) is 16.9. The first-order valence-electron chi connectivity index (χ1n) is 10.1. The highest BCUT2D eigenvalue weighted by atomic mass is 16.6. The number of aliphatic imine (C=N–C) groups is 1. The number of esters is 1. The van der Waals surface area contributed by atoms with Crippen LogP contribution in [-0.4, -0.2) is 18.5 Å². The molecule has 2 aliphatic rings. The van der Waals surface area contributed by atoms with Crippen LogP contribution in [0.3, 0.4) is 0 Å². The number of ether oxygens (including phenoxy) is 3. The summed E-state index contributed by atoms with van der Waals surface area (Å²) in [5.74, 6) is 1.90. The third kappa shape index (κ3) is 3.62. The lowest BCUT2D eigenvalue weighted by molar-refractivity contribution is -0.129. The van der Waals surface area contributed by atoms with E-state index in [4.69, 9.17) is 14.2 Å². The monoisotopic (exact) mass is 409 g/mol. The molecule has 152 valence electrons. The third-order valence-electron chi connectivity index (χ3n) is 4.99. The average molecular weight is 409 g/mol. The summed E-state index contributed by atoms with van der Waals surface area (Å²) in [4.78, 5) is 17.3. The van der Waals surface area contributed by atoms with E-state index < -0.39 is 5.97 Å². The van der Waals surface area contributed by atoms with E-state index in [9.17, 15) is 4.79 Å². The van der Waals surface area contributed by atoms with Gasteiger partial charge in [-0.2, -0.15) is 0 Å². The highest BCUT2D eigenvalue weighted by Crippen LogP contribution is 2.40. The first-order valence-corrected chi connectivity index (χ1v) is 10.1. The molecule has 0 N–H and O–H groups in total. The number of cyclic esters (lactones) is 1. The van der Waals surface area contributed by atoms with Crippen LogP contribution in [-0.2, 0) is 9.53 Å². The molecule has 0 amide bonds. The first-order chi connectivity index (χ1) is 15.2. The molecule has 0 fully saturated rings. The Kier molecular flexibility index (Phi) is 4.84. The predicted octanol–water partition coefficient (Wildman–Crippen LogP) is 5.23. The minimum atomic E-state index is -0.479. The van der Waals surface area contributed by atoms with E-state index in [1.165, 1.54) is 0 Å². The summed E-state index contributed by atoms with van der Waals surface area (Å²) >= 11 is 0. The fraction of sp³-hybridized carbons (Fsp3) is 0.0769. The lowest BCUT2D eigenvalue weighted by Crippen LogP contribution is -2.08. The molecule has 5 nitrogen and oxygen atoms in total. The molecule has 31 heavy (non-hydrogen) atoms. The van der Waals surface area contributed by atoms with E-state index in [0.717, 1.165) is 22.4 Å². The van der Waals surface area contributed by atoms with Gasteiger partial charge in [0.25, 0.3) is 0 Å². The van der Waals surface area contributed by atoms with E-state index >= 15 is 0 Å². The van der Waals surface area contributed by atoms with Gasteiger partial charge in [-0.1, -0.05) is 36.4 Å². The number of carbonyl (C=O) groups is 1. The van der Waals surface area contributed by atoms with Crippen LogP contribution in [0.2, 0.25) is 0 Å². The Morgan fingerprint density at radius 1 is 0.839 bits per heavy atom. The molecule has 0 atom stereocenters. The van der Waals surface area contributed by atoms with Crippen molar-refractivity contribution >= 4 is 23.2 Å². The molecule has 0 bridgehead atoms. The van der Waals surface area contributed by atoms with Crippen molar-refractivity contribution in [2.75, 3.05) is 6.61 Å². The molecule has 0 spiro atoms. The van der Waals surface area contributed by atoms with E-state index in [-0.39, 0.29) is 5.70 Å². The van der Waals surface area contributed by atoms with Gasteiger partial charge in [0.05, 0.1) is 6.61 Å². The Morgan fingerprint density at radius 2 is 1.58 bits per heavy atom. The molecule has 3 aromatic carbocycles. The number of para-hydroxylation sites is 1. The van der Waals surface area contributed by atoms with Crippen LogP contribution in [0.4, 0.5) is 0 Å². The van der Waals surface area contributed by atoms with Crippen molar-refractivity contribution in [1.82, 2.24) is 0 Å². The molecule has 2 heterocycles. The molecule has 0 saturated carbocycles. The van der Waals surface area contributed by atoms with Gasteiger partial charge >= 0.3 is 5.97 Å². The number of nitrogens with zero attached hydrogens (tertiary/aromatic N) is 1. The fourth-order valence-electron chi connectivity index (χ4n) is 3.54. The Morgan fingerprint density at radius 3 is 2.35 bits per heavy atom. The van der Waals surface area contributed by atoms with Crippen molar-refractivity contribution in [3.05, 3.63) is 107 Å². The van der Waals surface area contributed by atoms with Crippen LogP contribution in [0.15, 0.2) is 95.6 Å². The second kappa shape index (κ2) is 7.95. The van der Waals surface area contributed by atoms with Gasteiger partial charge in [-0.15, -0.1) is 0 Å². The van der Waals surface area contributed by atoms with Crippen LogP contribution in [0.25, 0.3) is 11.3 Å². The largest absolute Gasteiger partial charge is 0.494 e. The summed E-state index contributed by atoms with van der Waals surface area (Å²) in [6.07, 6.45) is 1.84. The molecular formula is C26H19NO4. The van der Waals surface area contributed by atoms with Crippen molar-refractivity contribution in [2.45, 2.75) is 6.92 Å². The highest BCUT2D eigenvalue weighted by molar-refractivity contribution is 6.15. The third-order valence-corrected chi connectivity index (χ3v) is 4.99. The molecular weight excluding hydrogens is 390 g/mol. The first kappa shape index (κ1) is 18.9. The number of hydrogen-bond acceptors (Lipinski definition) is 5. The molecule has 5 rings (SSSR count). The summed E-state index contributed by atoms with van der Waals surface area (Å²) in [6, 6.07) is 24.6. The maximum Gasteiger partial charge on any atom is 0.364 e. The molecule has 2 aliphatic heterocycles. The lowest BCUT2D eigenvalue weighted by Gasteiger charge is -2.20. The molecule has 0 aliphatic carbocycles. The highest BCUT2D eigenvalue weighted by Gasteiger charge is 2.30. The Balaban J connectivity index is 1.62. The maximum atomic E-state index is 12.7. The SMILES string of the molecule is CCOc1ccc(C2=C/C(=C3/N=C(c4ccccc4)OC3=O)c3ccccc3O2)cc1. The molecule has 3 aromatic rings. The van der Waals surface area contributed by atoms with Crippen LogP contribution >= 0.6 is 0 Å². The fourth-order valence-corrected chi connectivity index (χ4v) is 3.54. The minimum absolute atomic E-state index is 0.262. The summed E-state index contributed by atoms with van der Waals surface area (Å²) < 4.78 is 17.1. The normalized spacial score (nSPS) is 17.3. The van der Waals surface area contributed by atoms with Crippen molar-refractivity contribution in [2.24, 2.45) is 4.99 Å². The van der Waals surface area contributed by atoms with Gasteiger partial charge in [-0.05, 0) is 55.5 Å². The zero-order valence-electron chi connectivity index (χ0n) is 16.9. The number of carbonyl (C=O) groups excluding carboxylic acids is 1. The minimum Gasteiger partial charge on any atom is -0.494 e. The van der Waals surface area contributed by atoms with Crippen molar-refractivity contribution < 1.29 is 19.0 Å². The number of benzene rings is 3. The predicted molar refractivity (Wildman–Crippen MR) is 119 cm³/mol. The van der Waals surface area contributed by atoms with E-state index in [1.807, 2.05) is 91.9 Å². The summed E-state index contributed by atoms with van der Waals surface area (Å²) in [5.41, 5.74) is 3.35. The Hall–Kier alpha value is -4.12. The maximum absolute atomic E-state index is 12.7. The summed E-state index contributed by atoms with van der Waals surface area (Å²) in [5, 5.41) is 0. The molecule has 0 saturated heterocycles. The van der Waals surface area contributed by atoms with Crippen LogP contribution in [0.1, 0.15) is 23.6 Å². The zero-order chi connectivity index (χ0) is 21.2. The van der Waals surface area contributed by atoms with E-state index in [0.29, 0.717) is 29.6 Å². The second-order valence-electron chi connectivity index (χ2n) is 7.00.